The van der Waals surface area contributed by atoms with Gasteiger partial charge in [0.2, 0.25) is 0 Å². The lowest BCUT2D eigenvalue weighted by molar-refractivity contribution is -0.0000108. The maximum atomic E-state index is 6.22. The normalized spacial score (nSPS) is 26.5. The summed E-state index contributed by atoms with van der Waals surface area (Å²) in [4.78, 5) is 2.55. The zero-order chi connectivity index (χ0) is 17.0. The molecule has 0 bridgehead atoms. The molecule has 2 aromatic rings. The van der Waals surface area contributed by atoms with Crippen molar-refractivity contribution in [1.29, 1.82) is 0 Å². The highest BCUT2D eigenvalue weighted by molar-refractivity contribution is 5.15. The molecule has 3 heteroatoms. The summed E-state index contributed by atoms with van der Waals surface area (Å²) in [6, 6.07) is 21.1. The summed E-state index contributed by atoms with van der Waals surface area (Å²) >= 11 is 0. The van der Waals surface area contributed by atoms with Crippen molar-refractivity contribution < 1.29 is 9.47 Å². The van der Waals surface area contributed by atoms with Crippen LogP contribution in [0.1, 0.15) is 24.0 Å². The van der Waals surface area contributed by atoms with Gasteiger partial charge in [0, 0.05) is 26.1 Å². The first-order chi connectivity index (χ1) is 12.3. The van der Waals surface area contributed by atoms with Crippen molar-refractivity contribution in [3.05, 3.63) is 71.8 Å². The molecule has 2 aliphatic heterocycles. The van der Waals surface area contributed by atoms with E-state index in [1.807, 2.05) is 6.07 Å². The molecule has 2 aliphatic rings. The molecule has 25 heavy (non-hydrogen) atoms. The van der Waals surface area contributed by atoms with E-state index in [1.165, 1.54) is 11.1 Å². The van der Waals surface area contributed by atoms with Gasteiger partial charge in [0.1, 0.15) is 0 Å². The van der Waals surface area contributed by atoms with E-state index in [-0.39, 0.29) is 11.7 Å². The minimum atomic E-state index is 0.0258. The molecular weight excluding hydrogens is 310 g/mol. The Bertz CT molecular complexity index is 599. The minimum Gasteiger partial charge on any atom is -0.371 e. The Morgan fingerprint density at radius 2 is 1.72 bits per heavy atom. The fraction of sp³-hybridized carbons (Fsp3) is 0.455. The molecule has 0 amide bonds. The second kappa shape index (κ2) is 7.69. The first kappa shape index (κ1) is 16.8. The van der Waals surface area contributed by atoms with E-state index < -0.39 is 0 Å². The van der Waals surface area contributed by atoms with Gasteiger partial charge in [-0.25, -0.2) is 0 Å². The van der Waals surface area contributed by atoms with Crippen LogP contribution in [0.5, 0.6) is 0 Å². The summed E-state index contributed by atoms with van der Waals surface area (Å²) in [5, 5.41) is 0. The minimum absolute atomic E-state index is 0.0258. The molecule has 2 fully saturated rings. The zero-order valence-corrected chi connectivity index (χ0v) is 14.8. The Labute approximate surface area is 150 Å². The van der Waals surface area contributed by atoms with E-state index in [9.17, 15) is 0 Å². The summed E-state index contributed by atoms with van der Waals surface area (Å²) < 4.78 is 12.3. The van der Waals surface area contributed by atoms with Crippen LogP contribution in [0.25, 0.3) is 0 Å². The molecule has 0 aromatic heterocycles. The molecule has 0 saturated carbocycles. The first-order valence-electron chi connectivity index (χ1n) is 9.37. The van der Waals surface area contributed by atoms with Crippen molar-refractivity contribution in [3.8, 4) is 0 Å². The number of benzene rings is 2. The average Bonchev–Trinajstić information content (AvgIpc) is 3.26. The van der Waals surface area contributed by atoms with Gasteiger partial charge in [-0.1, -0.05) is 60.7 Å². The van der Waals surface area contributed by atoms with E-state index in [4.69, 9.17) is 9.47 Å². The van der Waals surface area contributed by atoms with Crippen molar-refractivity contribution in [2.75, 3.05) is 26.2 Å². The molecule has 2 saturated heterocycles. The van der Waals surface area contributed by atoms with Gasteiger partial charge in [-0.2, -0.15) is 0 Å². The molecule has 2 atom stereocenters. The van der Waals surface area contributed by atoms with Crippen molar-refractivity contribution in [1.82, 2.24) is 4.90 Å². The quantitative estimate of drug-likeness (QED) is 0.803. The number of hydrogen-bond acceptors (Lipinski definition) is 3. The zero-order valence-electron chi connectivity index (χ0n) is 14.8. The average molecular weight is 337 g/mol. The predicted molar refractivity (Wildman–Crippen MR) is 99.5 cm³/mol. The number of rotatable bonds is 6. The molecule has 2 unspecified atom stereocenters. The maximum Gasteiger partial charge on any atom is 0.0847 e. The highest BCUT2D eigenvalue weighted by Crippen LogP contribution is 2.36. The number of ether oxygens (including phenoxy) is 2. The van der Waals surface area contributed by atoms with Crippen LogP contribution in [-0.4, -0.2) is 42.8 Å². The predicted octanol–water partition coefficient (Wildman–Crippen LogP) is 3.68. The van der Waals surface area contributed by atoms with Crippen LogP contribution in [0.4, 0.5) is 0 Å². The summed E-state index contributed by atoms with van der Waals surface area (Å²) in [5.74, 6) is 0. The highest BCUT2D eigenvalue weighted by atomic mass is 16.6. The Morgan fingerprint density at radius 1 is 1.00 bits per heavy atom. The van der Waals surface area contributed by atoms with Crippen LogP contribution in [-0.2, 0) is 22.5 Å². The van der Waals surface area contributed by atoms with Gasteiger partial charge in [0.15, 0.2) is 0 Å². The molecule has 2 aromatic carbocycles. The standard InChI is InChI=1S/C22H27NO2/c1-3-7-19(8-4-1)11-13-23-14-12-22(18-23)15-21(17-25-22)24-16-20-9-5-2-6-10-20/h1-10,21H,11-18H2. The lowest BCUT2D eigenvalue weighted by atomic mass is 9.98. The third-order valence-corrected chi connectivity index (χ3v) is 5.46. The van der Waals surface area contributed by atoms with E-state index in [0.29, 0.717) is 6.61 Å². The van der Waals surface area contributed by atoms with Gasteiger partial charge in [-0.15, -0.1) is 0 Å². The van der Waals surface area contributed by atoms with Crippen LogP contribution in [0.15, 0.2) is 60.7 Å². The molecule has 0 radical (unpaired) electrons. The second-order valence-corrected chi connectivity index (χ2v) is 7.38. The van der Waals surface area contributed by atoms with Gasteiger partial charge in [-0.3, -0.25) is 0 Å². The fourth-order valence-corrected chi connectivity index (χ4v) is 4.03. The molecule has 132 valence electrons. The van der Waals surface area contributed by atoms with Gasteiger partial charge in [0.25, 0.3) is 0 Å². The highest BCUT2D eigenvalue weighted by Gasteiger charge is 2.45. The van der Waals surface area contributed by atoms with Crippen molar-refractivity contribution in [2.24, 2.45) is 0 Å². The lowest BCUT2D eigenvalue weighted by Gasteiger charge is -2.23. The largest absolute Gasteiger partial charge is 0.371 e. The van der Waals surface area contributed by atoms with Gasteiger partial charge < -0.3 is 14.4 Å². The van der Waals surface area contributed by atoms with Gasteiger partial charge >= 0.3 is 0 Å². The molecule has 2 heterocycles. The van der Waals surface area contributed by atoms with E-state index in [0.717, 1.165) is 45.5 Å². The second-order valence-electron chi connectivity index (χ2n) is 7.38. The molecule has 0 aliphatic carbocycles. The summed E-state index contributed by atoms with van der Waals surface area (Å²) in [7, 11) is 0. The lowest BCUT2D eigenvalue weighted by Crippen LogP contribution is -2.33. The number of likely N-dealkylation sites (tertiary alicyclic amines) is 1. The van der Waals surface area contributed by atoms with E-state index in [2.05, 4.69) is 59.5 Å². The number of nitrogens with zero attached hydrogens (tertiary/aromatic N) is 1. The Kier molecular flexibility index (Phi) is 5.16. The third kappa shape index (κ3) is 4.30. The Morgan fingerprint density at radius 3 is 2.48 bits per heavy atom. The van der Waals surface area contributed by atoms with Crippen LogP contribution >= 0.6 is 0 Å². The van der Waals surface area contributed by atoms with E-state index in [1.54, 1.807) is 0 Å². The van der Waals surface area contributed by atoms with Crippen LogP contribution in [0.2, 0.25) is 0 Å². The SMILES string of the molecule is c1ccc(CCN2CCC3(CC(OCc4ccccc4)CO3)C2)cc1. The fourth-order valence-electron chi connectivity index (χ4n) is 4.03. The first-order valence-corrected chi connectivity index (χ1v) is 9.37. The van der Waals surface area contributed by atoms with Crippen LogP contribution in [0.3, 0.4) is 0 Å². The molecule has 1 spiro atoms. The summed E-state index contributed by atoms with van der Waals surface area (Å²) in [5.41, 5.74) is 2.68. The van der Waals surface area contributed by atoms with E-state index >= 15 is 0 Å². The van der Waals surface area contributed by atoms with Crippen molar-refractivity contribution in [2.45, 2.75) is 37.6 Å². The summed E-state index contributed by atoms with van der Waals surface area (Å²) in [6.45, 7) is 4.72. The molecule has 4 rings (SSSR count). The number of hydrogen-bond donors (Lipinski definition) is 0. The molecule has 3 nitrogen and oxygen atoms in total. The van der Waals surface area contributed by atoms with Crippen molar-refractivity contribution in [3.63, 3.8) is 0 Å². The third-order valence-electron chi connectivity index (χ3n) is 5.46. The topological polar surface area (TPSA) is 21.7 Å². The Hall–Kier alpha value is -1.68. The smallest absolute Gasteiger partial charge is 0.0847 e. The molecular formula is C22H27NO2. The van der Waals surface area contributed by atoms with Gasteiger partial charge in [0.05, 0.1) is 24.9 Å². The Balaban J connectivity index is 1.24. The van der Waals surface area contributed by atoms with Crippen molar-refractivity contribution >= 4 is 0 Å². The monoisotopic (exact) mass is 337 g/mol. The summed E-state index contributed by atoms with van der Waals surface area (Å²) in [6.07, 6.45) is 3.51. The van der Waals surface area contributed by atoms with Gasteiger partial charge in [-0.05, 0) is 24.0 Å². The molecule has 0 N–H and O–H groups in total. The van der Waals surface area contributed by atoms with Crippen LogP contribution < -0.4 is 0 Å². The maximum absolute atomic E-state index is 6.22. The van der Waals surface area contributed by atoms with Crippen LogP contribution in [0, 0.1) is 0 Å².